The van der Waals surface area contributed by atoms with Crippen LogP contribution in [0.3, 0.4) is 0 Å². The Morgan fingerprint density at radius 3 is 2.65 bits per heavy atom. The summed E-state index contributed by atoms with van der Waals surface area (Å²) in [5.41, 5.74) is -0.690. The van der Waals surface area contributed by atoms with Gasteiger partial charge < -0.3 is 15.3 Å². The molecule has 1 atom stereocenters. The lowest BCUT2D eigenvalue weighted by atomic mass is 10.00. The number of hydrogen-bond acceptors (Lipinski definition) is 2. The number of aliphatic carboxylic acids is 1. The molecule has 0 bridgehead atoms. The van der Waals surface area contributed by atoms with Crippen LogP contribution in [0.25, 0.3) is 0 Å². The highest BCUT2D eigenvalue weighted by Crippen LogP contribution is 2.30. The molecule has 5 nitrogen and oxygen atoms in total. The van der Waals surface area contributed by atoms with Crippen LogP contribution >= 0.6 is 23.2 Å². The second kappa shape index (κ2) is 5.50. The first-order chi connectivity index (χ1) is 9.34. The molecule has 1 heterocycles. The standard InChI is InChI=1S/C13H14Cl2N2O3/c1-13(11(18)19)5-2-6-17(13)12(20)16-8-3-4-9(14)10(15)7-8/h3-4,7H,2,5-6H2,1H3,(H,16,20)(H,18,19). The molecule has 2 amide bonds. The number of carboxylic acids is 1. The van der Waals surface area contributed by atoms with Gasteiger partial charge >= 0.3 is 12.0 Å². The van der Waals surface area contributed by atoms with Crippen molar-refractivity contribution in [2.45, 2.75) is 25.3 Å². The van der Waals surface area contributed by atoms with Crippen molar-refractivity contribution in [1.82, 2.24) is 4.90 Å². The first-order valence-electron chi connectivity index (χ1n) is 6.11. The maximum Gasteiger partial charge on any atom is 0.329 e. The molecule has 108 valence electrons. The van der Waals surface area contributed by atoms with Gasteiger partial charge in [0.15, 0.2) is 0 Å². The zero-order valence-corrected chi connectivity index (χ0v) is 12.3. The minimum Gasteiger partial charge on any atom is -0.480 e. The van der Waals surface area contributed by atoms with E-state index < -0.39 is 17.5 Å². The number of carboxylic acid groups (broad SMARTS) is 1. The fraction of sp³-hybridized carbons (Fsp3) is 0.385. The van der Waals surface area contributed by atoms with Crippen LogP contribution in [0.4, 0.5) is 10.5 Å². The van der Waals surface area contributed by atoms with Gasteiger partial charge in [-0.3, -0.25) is 0 Å². The minimum atomic E-state index is -1.17. The number of halogens is 2. The molecule has 1 aliphatic rings. The lowest BCUT2D eigenvalue weighted by Crippen LogP contribution is -2.52. The summed E-state index contributed by atoms with van der Waals surface area (Å²) in [5, 5.41) is 12.6. The summed E-state index contributed by atoms with van der Waals surface area (Å²) in [6, 6.07) is 4.25. The molecule has 1 aromatic carbocycles. The topological polar surface area (TPSA) is 69.6 Å². The van der Waals surface area contributed by atoms with Crippen LogP contribution in [-0.2, 0) is 4.79 Å². The Balaban J connectivity index is 2.15. The first-order valence-corrected chi connectivity index (χ1v) is 6.87. The number of urea groups is 1. The summed E-state index contributed by atoms with van der Waals surface area (Å²) >= 11 is 11.7. The van der Waals surface area contributed by atoms with Gasteiger partial charge in [0, 0.05) is 12.2 Å². The monoisotopic (exact) mass is 316 g/mol. The highest BCUT2D eigenvalue weighted by molar-refractivity contribution is 6.42. The van der Waals surface area contributed by atoms with Crippen molar-refractivity contribution in [2.24, 2.45) is 0 Å². The number of nitrogens with zero attached hydrogens (tertiary/aromatic N) is 1. The molecule has 2 N–H and O–H groups in total. The second-order valence-corrected chi connectivity index (χ2v) is 5.71. The van der Waals surface area contributed by atoms with Gasteiger partial charge in [-0.25, -0.2) is 9.59 Å². The summed E-state index contributed by atoms with van der Waals surface area (Å²) in [6.45, 7) is 1.96. The zero-order chi connectivity index (χ0) is 14.9. The Hall–Kier alpha value is -1.46. The highest BCUT2D eigenvalue weighted by Gasteiger charge is 2.46. The zero-order valence-electron chi connectivity index (χ0n) is 10.8. The molecule has 20 heavy (non-hydrogen) atoms. The number of amides is 2. The molecule has 0 aromatic heterocycles. The molecule has 1 fully saturated rings. The number of likely N-dealkylation sites (tertiary alicyclic amines) is 1. The van der Waals surface area contributed by atoms with E-state index in [4.69, 9.17) is 23.2 Å². The molecule has 1 aliphatic heterocycles. The van der Waals surface area contributed by atoms with Crippen LogP contribution in [0.1, 0.15) is 19.8 Å². The third kappa shape index (κ3) is 2.69. The highest BCUT2D eigenvalue weighted by atomic mass is 35.5. The van der Waals surface area contributed by atoms with Crippen LogP contribution in [0.15, 0.2) is 18.2 Å². The van der Waals surface area contributed by atoms with Crippen LogP contribution < -0.4 is 5.32 Å². The van der Waals surface area contributed by atoms with Crippen molar-refractivity contribution >= 4 is 40.9 Å². The van der Waals surface area contributed by atoms with Gasteiger partial charge in [0.05, 0.1) is 10.0 Å². The maximum absolute atomic E-state index is 12.2. The third-order valence-corrected chi connectivity index (χ3v) is 4.26. The molecule has 7 heteroatoms. The van der Waals surface area contributed by atoms with E-state index in [2.05, 4.69) is 5.32 Å². The van der Waals surface area contributed by atoms with Gasteiger partial charge in [-0.1, -0.05) is 23.2 Å². The molecule has 0 saturated carbocycles. The molecular formula is C13H14Cl2N2O3. The largest absolute Gasteiger partial charge is 0.480 e. The number of benzene rings is 1. The Labute approximate surface area is 126 Å². The SMILES string of the molecule is CC1(C(=O)O)CCCN1C(=O)Nc1ccc(Cl)c(Cl)c1. The summed E-state index contributed by atoms with van der Waals surface area (Å²) < 4.78 is 0. The second-order valence-electron chi connectivity index (χ2n) is 4.89. The smallest absolute Gasteiger partial charge is 0.329 e. The Morgan fingerprint density at radius 2 is 2.05 bits per heavy atom. The summed E-state index contributed by atoms with van der Waals surface area (Å²) in [6.07, 6.45) is 1.11. The predicted molar refractivity (Wildman–Crippen MR) is 77.5 cm³/mol. The van der Waals surface area contributed by atoms with Gasteiger partial charge in [-0.15, -0.1) is 0 Å². The summed E-state index contributed by atoms with van der Waals surface area (Å²) in [4.78, 5) is 24.9. The Bertz CT molecular complexity index is 565. The normalized spacial score (nSPS) is 21.9. The van der Waals surface area contributed by atoms with E-state index in [-0.39, 0.29) is 0 Å². The number of rotatable bonds is 2. The lowest BCUT2D eigenvalue weighted by Gasteiger charge is -2.31. The van der Waals surface area contributed by atoms with Crippen molar-refractivity contribution in [3.05, 3.63) is 28.2 Å². The van der Waals surface area contributed by atoms with E-state index in [9.17, 15) is 14.7 Å². The average Bonchev–Trinajstić information content (AvgIpc) is 2.77. The number of carbonyl (C=O) groups excluding carboxylic acids is 1. The van der Waals surface area contributed by atoms with E-state index in [1.807, 2.05) is 0 Å². The van der Waals surface area contributed by atoms with E-state index in [0.717, 1.165) is 0 Å². The van der Waals surface area contributed by atoms with Gasteiger partial charge in [0.25, 0.3) is 0 Å². The maximum atomic E-state index is 12.2. The molecule has 1 saturated heterocycles. The fourth-order valence-corrected chi connectivity index (χ4v) is 2.57. The van der Waals surface area contributed by atoms with Crippen molar-refractivity contribution in [3.8, 4) is 0 Å². The quantitative estimate of drug-likeness (QED) is 0.877. The van der Waals surface area contributed by atoms with Crippen molar-refractivity contribution in [2.75, 3.05) is 11.9 Å². The van der Waals surface area contributed by atoms with E-state index in [1.165, 1.54) is 11.0 Å². The van der Waals surface area contributed by atoms with Crippen molar-refractivity contribution in [3.63, 3.8) is 0 Å². The van der Waals surface area contributed by atoms with Crippen molar-refractivity contribution in [1.29, 1.82) is 0 Å². The molecule has 2 rings (SSSR count). The van der Waals surface area contributed by atoms with Gasteiger partial charge in [0.1, 0.15) is 5.54 Å². The predicted octanol–water partition coefficient (Wildman–Crippen LogP) is 3.46. The van der Waals surface area contributed by atoms with Gasteiger partial charge in [-0.2, -0.15) is 0 Å². The number of nitrogens with one attached hydrogen (secondary N) is 1. The van der Waals surface area contributed by atoms with Crippen LogP contribution in [0, 0.1) is 0 Å². The molecule has 0 spiro atoms. The summed E-state index contributed by atoms with van der Waals surface area (Å²) in [7, 11) is 0. The van der Waals surface area contributed by atoms with Crippen LogP contribution in [-0.4, -0.2) is 34.1 Å². The first kappa shape index (κ1) is 14.9. The number of anilines is 1. The number of carbonyl (C=O) groups is 2. The molecule has 0 aliphatic carbocycles. The lowest BCUT2D eigenvalue weighted by molar-refractivity contribution is -0.146. The van der Waals surface area contributed by atoms with Gasteiger partial charge in [0.2, 0.25) is 0 Å². The van der Waals surface area contributed by atoms with E-state index in [1.54, 1.807) is 19.1 Å². The summed E-state index contributed by atoms with van der Waals surface area (Å²) in [5.74, 6) is -1.00. The number of hydrogen-bond donors (Lipinski definition) is 2. The van der Waals surface area contributed by atoms with Crippen LogP contribution in [0.5, 0.6) is 0 Å². The van der Waals surface area contributed by atoms with Crippen molar-refractivity contribution < 1.29 is 14.7 Å². The molecule has 0 radical (unpaired) electrons. The van der Waals surface area contributed by atoms with E-state index in [0.29, 0.717) is 35.1 Å². The average molecular weight is 317 g/mol. The molecular weight excluding hydrogens is 303 g/mol. The molecule has 1 unspecified atom stereocenters. The third-order valence-electron chi connectivity index (χ3n) is 3.52. The van der Waals surface area contributed by atoms with Gasteiger partial charge in [-0.05, 0) is 38.0 Å². The van der Waals surface area contributed by atoms with E-state index >= 15 is 0 Å². The Kier molecular flexibility index (Phi) is 4.11. The fourth-order valence-electron chi connectivity index (χ4n) is 2.28. The Morgan fingerprint density at radius 1 is 1.35 bits per heavy atom. The van der Waals surface area contributed by atoms with Crippen LogP contribution in [0.2, 0.25) is 10.0 Å². The minimum absolute atomic E-state index is 0.326. The molecule has 1 aromatic rings.